The lowest BCUT2D eigenvalue weighted by Crippen LogP contribution is -2.64. The van der Waals surface area contributed by atoms with Crippen LogP contribution in [0.1, 0.15) is 69.8 Å². The number of benzene rings is 1. The van der Waals surface area contributed by atoms with Gasteiger partial charge in [0, 0.05) is 36.8 Å². The zero-order chi connectivity index (χ0) is 23.6. The summed E-state index contributed by atoms with van der Waals surface area (Å²) in [4.78, 5) is 36.4. The Hall–Kier alpha value is -1.68. The van der Waals surface area contributed by atoms with Gasteiger partial charge >= 0.3 is 6.18 Å². The average molecular weight is 482 g/mol. The quantitative estimate of drug-likeness (QED) is 0.538. The maximum absolute atomic E-state index is 12.7. The van der Waals surface area contributed by atoms with Gasteiger partial charge in [-0.3, -0.25) is 4.79 Å². The number of alkyl halides is 3. The van der Waals surface area contributed by atoms with E-state index in [9.17, 15) is 18.0 Å². The minimum Gasteiger partial charge on any atom is -0.326 e. The summed E-state index contributed by atoms with van der Waals surface area (Å²) < 4.78 is 38.1. The molecular formula is C25H30F3NO5. The number of carbonyl (C=O) groups is 1. The lowest BCUT2D eigenvalue weighted by atomic mass is 9.53. The second kappa shape index (κ2) is 8.18. The largest absolute Gasteiger partial charge is 0.416 e. The highest BCUT2D eigenvalue weighted by Gasteiger charge is 2.64. The SMILES string of the molecule is O=C(CC1CCC2(CC1)OOC1(OO2)C2CC3CC(C2)CC1C3)Nc1ccc(C(F)(F)F)cc1. The van der Waals surface area contributed by atoms with Gasteiger partial charge in [-0.1, -0.05) is 0 Å². The third-order valence-corrected chi connectivity index (χ3v) is 8.76. The van der Waals surface area contributed by atoms with E-state index in [1.165, 1.54) is 18.6 Å². The van der Waals surface area contributed by atoms with Crippen LogP contribution in [0.5, 0.6) is 0 Å². The number of halogens is 3. The molecule has 7 rings (SSSR count). The highest BCUT2D eigenvalue weighted by molar-refractivity contribution is 5.90. The Balaban J connectivity index is 0.993. The van der Waals surface area contributed by atoms with Gasteiger partial charge in [0.1, 0.15) is 0 Å². The molecule has 1 heterocycles. The predicted octanol–water partition coefficient (Wildman–Crippen LogP) is 5.98. The zero-order valence-corrected chi connectivity index (χ0v) is 18.9. The van der Waals surface area contributed by atoms with Crippen molar-refractivity contribution < 1.29 is 37.5 Å². The monoisotopic (exact) mass is 481 g/mol. The molecule has 34 heavy (non-hydrogen) atoms. The average Bonchev–Trinajstić information content (AvgIpc) is 2.80. The van der Waals surface area contributed by atoms with Crippen LogP contribution >= 0.6 is 0 Å². The van der Waals surface area contributed by atoms with Gasteiger partial charge in [-0.05, 0) is 87.0 Å². The summed E-state index contributed by atoms with van der Waals surface area (Å²) in [6.45, 7) is 0. The lowest BCUT2D eigenvalue weighted by Gasteiger charge is -2.60. The highest BCUT2D eigenvalue weighted by Crippen LogP contribution is 2.62. The maximum Gasteiger partial charge on any atom is 0.416 e. The van der Waals surface area contributed by atoms with Crippen molar-refractivity contribution in [2.75, 3.05) is 5.32 Å². The van der Waals surface area contributed by atoms with Crippen molar-refractivity contribution in [3.8, 4) is 0 Å². The van der Waals surface area contributed by atoms with Crippen molar-refractivity contribution in [1.82, 2.24) is 0 Å². The Bertz CT molecular complexity index is 885. The standard InChI is InChI=1S/C25H30F3NO5/c26-25(27,28)18-1-3-21(4-2-18)29-22(30)14-15-5-7-23(8-6-15)31-33-24(34-32-23)19-10-16-9-17(12-19)13-20(24)11-16/h1-4,15-17,19-20H,5-14H2,(H,29,30). The summed E-state index contributed by atoms with van der Waals surface area (Å²) in [5.41, 5.74) is -0.387. The third kappa shape index (κ3) is 4.04. The van der Waals surface area contributed by atoms with E-state index in [-0.39, 0.29) is 18.2 Å². The Morgan fingerprint density at radius 3 is 1.97 bits per heavy atom. The topological polar surface area (TPSA) is 66.0 Å². The van der Waals surface area contributed by atoms with Crippen LogP contribution in [-0.4, -0.2) is 17.5 Å². The molecule has 0 aromatic heterocycles. The van der Waals surface area contributed by atoms with Crippen LogP contribution < -0.4 is 5.32 Å². The van der Waals surface area contributed by atoms with Crippen molar-refractivity contribution >= 4 is 11.6 Å². The first-order valence-corrected chi connectivity index (χ1v) is 12.4. The molecule has 6 fully saturated rings. The van der Waals surface area contributed by atoms with E-state index >= 15 is 0 Å². The fourth-order valence-corrected chi connectivity index (χ4v) is 7.13. The van der Waals surface area contributed by atoms with Gasteiger partial charge in [0.2, 0.25) is 17.5 Å². The number of hydrogen-bond donors (Lipinski definition) is 1. The molecule has 1 N–H and O–H groups in total. The van der Waals surface area contributed by atoms with E-state index in [2.05, 4.69) is 5.32 Å². The van der Waals surface area contributed by atoms with Gasteiger partial charge in [-0.2, -0.15) is 32.7 Å². The Kier molecular flexibility index (Phi) is 5.48. The van der Waals surface area contributed by atoms with Gasteiger partial charge in [0.15, 0.2) is 0 Å². The Labute approximate surface area is 196 Å². The molecule has 1 aliphatic heterocycles. The molecule has 9 heteroatoms. The molecule has 0 atom stereocenters. The van der Waals surface area contributed by atoms with Gasteiger partial charge in [-0.15, -0.1) is 0 Å². The van der Waals surface area contributed by atoms with Gasteiger partial charge in [0.25, 0.3) is 0 Å². The number of rotatable bonds is 3. The van der Waals surface area contributed by atoms with Crippen molar-refractivity contribution in [2.24, 2.45) is 29.6 Å². The first-order valence-electron chi connectivity index (χ1n) is 12.4. The van der Waals surface area contributed by atoms with Crippen LogP contribution in [0.3, 0.4) is 0 Å². The summed E-state index contributed by atoms with van der Waals surface area (Å²) >= 11 is 0. The predicted molar refractivity (Wildman–Crippen MR) is 113 cm³/mol. The molecule has 1 amide bonds. The van der Waals surface area contributed by atoms with Crippen LogP contribution in [0.25, 0.3) is 0 Å². The van der Waals surface area contributed by atoms with E-state index in [4.69, 9.17) is 19.6 Å². The molecule has 2 spiro atoms. The number of amides is 1. The smallest absolute Gasteiger partial charge is 0.326 e. The van der Waals surface area contributed by atoms with Gasteiger partial charge in [-0.25, -0.2) is 0 Å². The first kappa shape index (κ1) is 22.8. The fourth-order valence-electron chi connectivity index (χ4n) is 7.13. The summed E-state index contributed by atoms with van der Waals surface area (Å²) in [5, 5.41) is 2.69. The maximum atomic E-state index is 12.7. The van der Waals surface area contributed by atoms with E-state index in [1.54, 1.807) is 0 Å². The molecule has 0 unspecified atom stereocenters. The minimum atomic E-state index is -4.40. The summed E-state index contributed by atoms with van der Waals surface area (Å²) in [6, 6.07) is 4.48. The molecule has 4 bridgehead atoms. The van der Waals surface area contributed by atoms with E-state index in [0.717, 1.165) is 49.7 Å². The molecule has 1 aromatic rings. The molecule has 6 nitrogen and oxygen atoms in total. The van der Waals surface area contributed by atoms with Crippen molar-refractivity contribution in [3.05, 3.63) is 29.8 Å². The molecule has 0 radical (unpaired) electrons. The highest BCUT2D eigenvalue weighted by atomic mass is 19.4. The van der Waals surface area contributed by atoms with Gasteiger partial charge < -0.3 is 5.32 Å². The number of nitrogens with one attached hydrogen (secondary N) is 1. The normalized spacial score (nSPS) is 41.2. The first-order chi connectivity index (χ1) is 16.2. The summed E-state index contributed by atoms with van der Waals surface area (Å²) in [7, 11) is 0. The third-order valence-electron chi connectivity index (χ3n) is 8.76. The molecule has 5 aliphatic carbocycles. The lowest BCUT2D eigenvalue weighted by molar-refractivity contribution is -0.680. The van der Waals surface area contributed by atoms with E-state index < -0.39 is 23.3 Å². The van der Waals surface area contributed by atoms with Crippen LogP contribution in [0.4, 0.5) is 18.9 Å². The van der Waals surface area contributed by atoms with Crippen molar-refractivity contribution in [2.45, 2.75) is 82.0 Å². The molecular weight excluding hydrogens is 451 g/mol. The van der Waals surface area contributed by atoms with E-state index in [0.29, 0.717) is 43.2 Å². The molecule has 186 valence electrons. The number of hydrogen-bond acceptors (Lipinski definition) is 5. The van der Waals surface area contributed by atoms with Crippen molar-refractivity contribution in [1.29, 1.82) is 0 Å². The Morgan fingerprint density at radius 2 is 1.44 bits per heavy atom. The zero-order valence-electron chi connectivity index (χ0n) is 18.9. The van der Waals surface area contributed by atoms with Crippen LogP contribution in [-0.2, 0) is 30.5 Å². The molecule has 1 aromatic carbocycles. The van der Waals surface area contributed by atoms with Crippen molar-refractivity contribution in [3.63, 3.8) is 0 Å². The second-order valence-corrected chi connectivity index (χ2v) is 11.0. The Morgan fingerprint density at radius 1 is 0.882 bits per heavy atom. The summed E-state index contributed by atoms with van der Waals surface area (Å²) in [6.07, 6.45) is 4.21. The molecule has 6 aliphatic rings. The molecule has 5 saturated carbocycles. The van der Waals surface area contributed by atoms with Crippen LogP contribution in [0.2, 0.25) is 0 Å². The van der Waals surface area contributed by atoms with Gasteiger partial charge in [0.05, 0.1) is 5.56 Å². The number of carbonyl (C=O) groups excluding carboxylic acids is 1. The fraction of sp³-hybridized carbons (Fsp3) is 0.720. The minimum absolute atomic E-state index is 0.129. The number of anilines is 1. The molecule has 1 saturated heterocycles. The van der Waals surface area contributed by atoms with Crippen LogP contribution in [0, 0.1) is 29.6 Å². The second-order valence-electron chi connectivity index (χ2n) is 11.0. The summed E-state index contributed by atoms with van der Waals surface area (Å²) in [5.74, 6) is 0.422. The van der Waals surface area contributed by atoms with E-state index in [1.807, 2.05) is 0 Å². The van der Waals surface area contributed by atoms with Crippen LogP contribution in [0.15, 0.2) is 24.3 Å².